The van der Waals surface area contributed by atoms with Gasteiger partial charge in [0.05, 0.1) is 23.9 Å². The fourth-order valence-corrected chi connectivity index (χ4v) is 4.81. The number of nitrogens with zero attached hydrogens (tertiary/aromatic N) is 2. The first-order valence-corrected chi connectivity index (χ1v) is 11.6. The van der Waals surface area contributed by atoms with Gasteiger partial charge in [0.25, 0.3) is 0 Å². The van der Waals surface area contributed by atoms with Crippen molar-refractivity contribution < 1.29 is 14.0 Å². The molecule has 6 heteroatoms. The SMILES string of the molecule is CC1(C)OB(c2cn(CC3CCC(C4=CCCC=C4)OC3)c3ncccc23)OC1(C)C. The molecule has 2 aliphatic heterocycles. The van der Waals surface area contributed by atoms with E-state index < -0.39 is 0 Å². The third kappa shape index (κ3) is 3.90. The lowest BCUT2D eigenvalue weighted by atomic mass is 9.79. The van der Waals surface area contributed by atoms with Crippen molar-refractivity contribution in [2.24, 2.45) is 5.92 Å². The fraction of sp³-hybridized carbons (Fsp3) is 0.560. The van der Waals surface area contributed by atoms with Gasteiger partial charge in [-0.05, 0) is 65.0 Å². The zero-order chi connectivity index (χ0) is 21.6. The van der Waals surface area contributed by atoms with Crippen molar-refractivity contribution in [2.75, 3.05) is 6.61 Å². The Morgan fingerprint density at radius 3 is 2.61 bits per heavy atom. The summed E-state index contributed by atoms with van der Waals surface area (Å²) in [5, 5.41) is 1.10. The molecule has 0 N–H and O–H groups in total. The largest absolute Gasteiger partial charge is 0.497 e. The van der Waals surface area contributed by atoms with Gasteiger partial charge in [-0.15, -0.1) is 0 Å². The number of hydrogen-bond acceptors (Lipinski definition) is 4. The molecule has 164 valence electrons. The molecule has 0 saturated carbocycles. The zero-order valence-electron chi connectivity index (χ0n) is 19.1. The number of aromatic nitrogens is 2. The zero-order valence-corrected chi connectivity index (χ0v) is 19.1. The van der Waals surface area contributed by atoms with Crippen molar-refractivity contribution in [1.29, 1.82) is 0 Å². The normalized spacial score (nSPS) is 27.6. The molecule has 1 aliphatic carbocycles. The average Bonchev–Trinajstić information content (AvgIpc) is 3.23. The monoisotopic (exact) mass is 420 g/mol. The Bertz CT molecular complexity index is 999. The van der Waals surface area contributed by atoms with Gasteiger partial charge in [0.2, 0.25) is 0 Å². The highest BCUT2D eigenvalue weighted by atomic mass is 16.7. The maximum Gasteiger partial charge on any atom is 0.497 e. The second-order valence-corrected chi connectivity index (χ2v) is 10.1. The minimum absolute atomic E-state index is 0.257. The lowest BCUT2D eigenvalue weighted by Crippen LogP contribution is -2.41. The molecule has 0 bridgehead atoms. The molecule has 0 amide bonds. The Morgan fingerprint density at radius 2 is 1.94 bits per heavy atom. The van der Waals surface area contributed by atoms with E-state index in [1.54, 1.807) is 0 Å². The van der Waals surface area contributed by atoms with Gasteiger partial charge >= 0.3 is 7.12 Å². The van der Waals surface area contributed by atoms with E-state index in [0.29, 0.717) is 5.92 Å². The summed E-state index contributed by atoms with van der Waals surface area (Å²) in [6.07, 6.45) is 15.7. The molecule has 31 heavy (non-hydrogen) atoms. The number of rotatable bonds is 4. The number of hydrogen-bond donors (Lipinski definition) is 0. The van der Waals surface area contributed by atoms with Crippen LogP contribution in [0.15, 0.2) is 48.3 Å². The van der Waals surface area contributed by atoms with Gasteiger partial charge in [0.1, 0.15) is 5.65 Å². The molecular weight excluding hydrogens is 387 g/mol. The van der Waals surface area contributed by atoms with Gasteiger partial charge in [-0.1, -0.05) is 24.3 Å². The number of ether oxygens (including phenoxy) is 1. The lowest BCUT2D eigenvalue weighted by molar-refractivity contribution is 0.00173. The van der Waals surface area contributed by atoms with Crippen molar-refractivity contribution >= 4 is 23.6 Å². The summed E-state index contributed by atoms with van der Waals surface area (Å²) in [5.74, 6) is 0.480. The van der Waals surface area contributed by atoms with Crippen LogP contribution in [0.25, 0.3) is 11.0 Å². The third-order valence-corrected chi connectivity index (χ3v) is 7.39. The van der Waals surface area contributed by atoms with Crippen LogP contribution in [0.2, 0.25) is 0 Å². The first-order chi connectivity index (χ1) is 14.8. The third-order valence-electron chi connectivity index (χ3n) is 7.39. The summed E-state index contributed by atoms with van der Waals surface area (Å²) in [6, 6.07) is 4.11. The van der Waals surface area contributed by atoms with E-state index in [0.717, 1.165) is 55.3 Å². The van der Waals surface area contributed by atoms with Crippen LogP contribution in [0, 0.1) is 5.92 Å². The highest BCUT2D eigenvalue weighted by molar-refractivity contribution is 6.65. The molecule has 5 rings (SSSR count). The van der Waals surface area contributed by atoms with Crippen LogP contribution < -0.4 is 5.46 Å². The Labute approximate surface area is 185 Å². The molecule has 0 spiro atoms. The molecule has 2 unspecified atom stereocenters. The Kier molecular flexibility index (Phi) is 5.36. The van der Waals surface area contributed by atoms with Crippen LogP contribution >= 0.6 is 0 Å². The van der Waals surface area contributed by atoms with Gasteiger partial charge in [0.15, 0.2) is 0 Å². The molecule has 2 atom stereocenters. The molecule has 2 aromatic heterocycles. The van der Waals surface area contributed by atoms with Gasteiger partial charge in [-0.2, -0.15) is 0 Å². The van der Waals surface area contributed by atoms with E-state index >= 15 is 0 Å². The summed E-state index contributed by atoms with van der Waals surface area (Å²) in [5.41, 5.74) is 2.70. The molecule has 2 aromatic rings. The van der Waals surface area contributed by atoms with Crippen LogP contribution in [-0.2, 0) is 20.6 Å². The predicted octanol–water partition coefficient (Wildman–Crippen LogP) is 4.41. The van der Waals surface area contributed by atoms with Crippen molar-refractivity contribution in [1.82, 2.24) is 9.55 Å². The van der Waals surface area contributed by atoms with Gasteiger partial charge in [-0.3, -0.25) is 0 Å². The van der Waals surface area contributed by atoms with Crippen LogP contribution in [0.3, 0.4) is 0 Å². The summed E-state index contributed by atoms with van der Waals surface area (Å²) >= 11 is 0. The van der Waals surface area contributed by atoms with E-state index in [4.69, 9.17) is 19.0 Å². The van der Waals surface area contributed by atoms with Gasteiger partial charge in [0, 0.05) is 35.7 Å². The highest BCUT2D eigenvalue weighted by Crippen LogP contribution is 2.37. The van der Waals surface area contributed by atoms with Gasteiger partial charge in [-0.25, -0.2) is 4.98 Å². The quantitative estimate of drug-likeness (QED) is 0.688. The topological polar surface area (TPSA) is 45.5 Å². The van der Waals surface area contributed by atoms with Crippen molar-refractivity contribution in [3.05, 3.63) is 48.3 Å². The van der Waals surface area contributed by atoms with E-state index in [1.165, 1.54) is 5.57 Å². The van der Waals surface area contributed by atoms with Crippen LogP contribution in [0.1, 0.15) is 53.4 Å². The van der Waals surface area contributed by atoms with Crippen molar-refractivity contribution in [3.8, 4) is 0 Å². The number of pyridine rings is 1. The number of allylic oxidation sites excluding steroid dienone is 2. The van der Waals surface area contributed by atoms with E-state index in [2.05, 4.69) is 62.8 Å². The van der Waals surface area contributed by atoms with Crippen LogP contribution in [0.4, 0.5) is 0 Å². The Balaban J connectivity index is 1.34. The molecule has 3 aliphatic rings. The molecule has 0 aromatic carbocycles. The van der Waals surface area contributed by atoms with Crippen molar-refractivity contribution in [3.63, 3.8) is 0 Å². The minimum Gasteiger partial charge on any atom is -0.399 e. The summed E-state index contributed by atoms with van der Waals surface area (Å²) in [7, 11) is -0.380. The lowest BCUT2D eigenvalue weighted by Gasteiger charge is -2.32. The summed E-state index contributed by atoms with van der Waals surface area (Å²) in [4.78, 5) is 4.69. The maximum atomic E-state index is 6.34. The molecule has 2 fully saturated rings. The minimum atomic E-state index is -0.380. The van der Waals surface area contributed by atoms with Crippen LogP contribution in [0.5, 0.6) is 0 Å². The van der Waals surface area contributed by atoms with Crippen molar-refractivity contribution in [2.45, 2.75) is 77.2 Å². The smallest absolute Gasteiger partial charge is 0.399 e. The van der Waals surface area contributed by atoms with Crippen LogP contribution in [-0.4, -0.2) is 40.6 Å². The second-order valence-electron chi connectivity index (χ2n) is 10.1. The molecule has 0 radical (unpaired) electrons. The first kappa shape index (κ1) is 21.0. The standard InChI is InChI=1S/C25H33BN2O3/c1-24(2)25(3,4)31-26(30-24)21-16-28(23-20(21)11-8-14-27-23)15-18-12-13-22(29-17-18)19-9-6-5-7-10-19/h6,8-11,14,16,18,22H,5,7,12-13,15,17H2,1-4H3. The predicted molar refractivity (Wildman–Crippen MR) is 124 cm³/mol. The number of fused-ring (bicyclic) bond motifs is 1. The van der Waals surface area contributed by atoms with E-state index in [-0.39, 0.29) is 24.4 Å². The van der Waals surface area contributed by atoms with Gasteiger partial charge < -0.3 is 18.6 Å². The Morgan fingerprint density at radius 1 is 1.13 bits per heavy atom. The second kappa shape index (κ2) is 7.91. The summed E-state index contributed by atoms with van der Waals surface area (Å²) in [6.45, 7) is 10.1. The molecule has 4 heterocycles. The average molecular weight is 420 g/mol. The van der Waals surface area contributed by atoms with E-state index in [9.17, 15) is 0 Å². The highest BCUT2D eigenvalue weighted by Gasteiger charge is 2.52. The molecule has 2 saturated heterocycles. The van der Waals surface area contributed by atoms with E-state index in [1.807, 2.05) is 12.3 Å². The molecular formula is C25H33BN2O3. The first-order valence-electron chi connectivity index (χ1n) is 11.6. The molecule has 5 nitrogen and oxygen atoms in total. The fourth-order valence-electron chi connectivity index (χ4n) is 4.81. The Hall–Kier alpha value is -1.89. The summed E-state index contributed by atoms with van der Waals surface area (Å²) < 4.78 is 21.2. The maximum absolute atomic E-state index is 6.34.